The summed E-state index contributed by atoms with van der Waals surface area (Å²) in [5.74, 6) is 0. The smallest absolute Gasteiger partial charge is 0.232 e. The van der Waals surface area contributed by atoms with Gasteiger partial charge in [0.25, 0.3) is 0 Å². The zero-order chi connectivity index (χ0) is 11.9. The minimum absolute atomic E-state index is 0.132. The standard InChI is InChI=1S/C12H15NO2S/c1-9(2)12-8-10-6-4-5-7-11(10)13(12)16(3,14)15/h4-7,12H,1,8H2,2-3H3. The van der Waals surface area contributed by atoms with Gasteiger partial charge in [-0.2, -0.15) is 0 Å². The largest absolute Gasteiger partial charge is 0.263 e. The summed E-state index contributed by atoms with van der Waals surface area (Å²) in [6, 6.07) is 7.47. The molecule has 1 heterocycles. The van der Waals surface area contributed by atoms with E-state index in [0.29, 0.717) is 0 Å². The lowest BCUT2D eigenvalue weighted by atomic mass is 10.1. The second-order valence-electron chi connectivity index (χ2n) is 4.25. The van der Waals surface area contributed by atoms with Crippen molar-refractivity contribution >= 4 is 15.7 Å². The molecule has 0 saturated heterocycles. The van der Waals surface area contributed by atoms with Crippen LogP contribution in [0.1, 0.15) is 12.5 Å². The molecule has 0 bridgehead atoms. The molecule has 4 heteroatoms. The van der Waals surface area contributed by atoms with Crippen LogP contribution in [0.2, 0.25) is 0 Å². The molecular weight excluding hydrogens is 222 g/mol. The van der Waals surface area contributed by atoms with Gasteiger partial charge in [0.05, 0.1) is 18.0 Å². The molecule has 3 nitrogen and oxygen atoms in total. The van der Waals surface area contributed by atoms with Crippen molar-refractivity contribution in [3.63, 3.8) is 0 Å². The van der Waals surface area contributed by atoms with E-state index in [1.54, 1.807) is 0 Å². The maximum Gasteiger partial charge on any atom is 0.232 e. The van der Waals surface area contributed by atoms with Crippen LogP contribution in [0.4, 0.5) is 5.69 Å². The van der Waals surface area contributed by atoms with Crippen LogP contribution in [0.5, 0.6) is 0 Å². The number of rotatable bonds is 2. The first-order valence-electron chi connectivity index (χ1n) is 5.14. The van der Waals surface area contributed by atoms with Crippen molar-refractivity contribution < 1.29 is 8.42 Å². The van der Waals surface area contributed by atoms with Gasteiger partial charge in [0.1, 0.15) is 0 Å². The Balaban J connectivity index is 2.57. The fourth-order valence-corrected chi connectivity index (χ4v) is 3.39. The first kappa shape index (κ1) is 11.2. The van der Waals surface area contributed by atoms with Crippen molar-refractivity contribution in [3.8, 4) is 0 Å². The fraction of sp³-hybridized carbons (Fsp3) is 0.333. The molecule has 1 aliphatic heterocycles. The van der Waals surface area contributed by atoms with E-state index in [1.807, 2.05) is 31.2 Å². The van der Waals surface area contributed by atoms with E-state index < -0.39 is 10.0 Å². The molecule has 0 amide bonds. The molecule has 1 atom stereocenters. The molecule has 0 saturated carbocycles. The Labute approximate surface area is 96.4 Å². The van der Waals surface area contributed by atoms with Gasteiger partial charge in [-0.15, -0.1) is 0 Å². The topological polar surface area (TPSA) is 37.4 Å². The third-order valence-corrected chi connectivity index (χ3v) is 4.02. The third-order valence-electron chi connectivity index (χ3n) is 2.85. The molecule has 0 radical (unpaired) electrons. The van der Waals surface area contributed by atoms with Gasteiger partial charge >= 0.3 is 0 Å². The lowest BCUT2D eigenvalue weighted by Crippen LogP contribution is -2.37. The van der Waals surface area contributed by atoms with Crippen LogP contribution in [0.15, 0.2) is 36.4 Å². The Morgan fingerprint density at radius 3 is 2.62 bits per heavy atom. The molecular formula is C12H15NO2S. The molecule has 0 spiro atoms. The lowest BCUT2D eigenvalue weighted by molar-refractivity contribution is 0.592. The highest BCUT2D eigenvalue weighted by Crippen LogP contribution is 2.36. The van der Waals surface area contributed by atoms with Gasteiger partial charge in [0.15, 0.2) is 0 Å². The van der Waals surface area contributed by atoms with Crippen LogP contribution >= 0.6 is 0 Å². The van der Waals surface area contributed by atoms with E-state index in [-0.39, 0.29) is 6.04 Å². The van der Waals surface area contributed by atoms with Crippen molar-refractivity contribution in [1.29, 1.82) is 0 Å². The third kappa shape index (κ3) is 1.73. The number of hydrogen-bond acceptors (Lipinski definition) is 2. The van der Waals surface area contributed by atoms with E-state index in [0.717, 1.165) is 23.2 Å². The number of hydrogen-bond donors (Lipinski definition) is 0. The Morgan fingerprint density at radius 2 is 2.06 bits per heavy atom. The second-order valence-corrected chi connectivity index (χ2v) is 6.11. The summed E-state index contributed by atoms with van der Waals surface area (Å²) in [7, 11) is -3.24. The summed E-state index contributed by atoms with van der Waals surface area (Å²) in [5.41, 5.74) is 2.74. The number of para-hydroxylation sites is 1. The van der Waals surface area contributed by atoms with Crippen LogP contribution in [-0.2, 0) is 16.4 Å². The van der Waals surface area contributed by atoms with E-state index >= 15 is 0 Å². The molecule has 1 aliphatic rings. The second kappa shape index (κ2) is 3.63. The quantitative estimate of drug-likeness (QED) is 0.737. The summed E-state index contributed by atoms with van der Waals surface area (Å²) < 4.78 is 25.1. The molecule has 0 aliphatic carbocycles. The Morgan fingerprint density at radius 1 is 1.44 bits per heavy atom. The number of sulfonamides is 1. The first-order valence-corrected chi connectivity index (χ1v) is 6.99. The SMILES string of the molecule is C=C(C)C1Cc2ccccc2N1S(C)(=O)=O. The van der Waals surface area contributed by atoms with Crippen LogP contribution in [0, 0.1) is 0 Å². The maximum absolute atomic E-state index is 11.8. The van der Waals surface area contributed by atoms with E-state index in [1.165, 1.54) is 10.6 Å². The number of fused-ring (bicyclic) bond motifs is 1. The van der Waals surface area contributed by atoms with Crippen LogP contribution in [-0.4, -0.2) is 20.7 Å². The lowest BCUT2D eigenvalue weighted by Gasteiger charge is -2.25. The summed E-state index contributed by atoms with van der Waals surface area (Å²) in [4.78, 5) is 0. The molecule has 1 aromatic carbocycles. The van der Waals surface area contributed by atoms with E-state index in [2.05, 4.69) is 6.58 Å². The van der Waals surface area contributed by atoms with Gasteiger partial charge in [0.2, 0.25) is 10.0 Å². The Kier molecular flexibility index (Phi) is 2.54. The predicted octanol–water partition coefficient (Wildman–Crippen LogP) is 1.95. The summed E-state index contributed by atoms with van der Waals surface area (Å²) >= 11 is 0. The van der Waals surface area contributed by atoms with Gasteiger partial charge in [-0.05, 0) is 25.0 Å². The first-order chi connectivity index (χ1) is 7.41. The van der Waals surface area contributed by atoms with E-state index in [4.69, 9.17) is 0 Å². The van der Waals surface area contributed by atoms with Gasteiger partial charge in [-0.25, -0.2) is 8.42 Å². The average molecular weight is 237 g/mol. The predicted molar refractivity (Wildman–Crippen MR) is 66.1 cm³/mol. The highest BCUT2D eigenvalue weighted by molar-refractivity contribution is 7.92. The zero-order valence-electron chi connectivity index (χ0n) is 9.47. The van der Waals surface area contributed by atoms with Crippen LogP contribution < -0.4 is 4.31 Å². The minimum atomic E-state index is -3.24. The molecule has 86 valence electrons. The van der Waals surface area contributed by atoms with Crippen LogP contribution in [0.25, 0.3) is 0 Å². The number of nitrogens with zero attached hydrogens (tertiary/aromatic N) is 1. The average Bonchev–Trinajstić information content (AvgIpc) is 2.55. The van der Waals surface area contributed by atoms with Crippen molar-refractivity contribution in [2.45, 2.75) is 19.4 Å². The highest BCUT2D eigenvalue weighted by atomic mass is 32.2. The van der Waals surface area contributed by atoms with Gasteiger partial charge in [0, 0.05) is 0 Å². The minimum Gasteiger partial charge on any atom is -0.263 e. The molecule has 16 heavy (non-hydrogen) atoms. The number of benzene rings is 1. The molecule has 0 N–H and O–H groups in total. The van der Waals surface area contributed by atoms with Crippen molar-refractivity contribution in [2.75, 3.05) is 10.6 Å². The molecule has 1 aromatic rings. The van der Waals surface area contributed by atoms with Gasteiger partial charge in [-0.3, -0.25) is 4.31 Å². The zero-order valence-corrected chi connectivity index (χ0v) is 10.3. The van der Waals surface area contributed by atoms with Crippen molar-refractivity contribution in [3.05, 3.63) is 42.0 Å². The molecule has 0 aromatic heterocycles. The van der Waals surface area contributed by atoms with E-state index in [9.17, 15) is 8.42 Å². The van der Waals surface area contributed by atoms with Crippen LogP contribution in [0.3, 0.4) is 0 Å². The molecule has 1 unspecified atom stereocenters. The fourth-order valence-electron chi connectivity index (χ4n) is 2.14. The van der Waals surface area contributed by atoms with Crippen molar-refractivity contribution in [1.82, 2.24) is 0 Å². The maximum atomic E-state index is 11.8. The molecule has 0 fully saturated rings. The number of anilines is 1. The molecule has 2 rings (SSSR count). The van der Waals surface area contributed by atoms with Gasteiger partial charge in [-0.1, -0.05) is 30.4 Å². The monoisotopic (exact) mass is 237 g/mol. The Bertz CT molecular complexity index is 534. The normalized spacial score (nSPS) is 19.6. The summed E-state index contributed by atoms with van der Waals surface area (Å²) in [6.45, 7) is 5.75. The Hall–Kier alpha value is -1.29. The summed E-state index contributed by atoms with van der Waals surface area (Å²) in [6.07, 6.45) is 1.96. The van der Waals surface area contributed by atoms with Gasteiger partial charge < -0.3 is 0 Å². The highest BCUT2D eigenvalue weighted by Gasteiger charge is 2.35. The van der Waals surface area contributed by atoms with Crippen molar-refractivity contribution in [2.24, 2.45) is 0 Å². The summed E-state index contributed by atoms with van der Waals surface area (Å²) in [5, 5.41) is 0.